The first kappa shape index (κ1) is 41.7. The number of carbonyl (C=O) groups excluding carboxylic acids is 1. The number of amides is 1. The molecule has 2 fully saturated rings. The van der Waals surface area contributed by atoms with E-state index in [0.29, 0.717) is 24.5 Å². The monoisotopic (exact) mass is 881 g/mol. The Labute approximate surface area is 364 Å². The van der Waals surface area contributed by atoms with Gasteiger partial charge in [-0.15, -0.1) is 0 Å². The summed E-state index contributed by atoms with van der Waals surface area (Å²) in [6.07, 6.45) is 8.58. The predicted octanol–water partition coefficient (Wildman–Crippen LogP) is 8.17. The van der Waals surface area contributed by atoms with Crippen LogP contribution in [0, 0.1) is 15.5 Å². The minimum Gasteiger partial charge on any atom is -0.489 e. The second-order valence-corrected chi connectivity index (χ2v) is 19.4. The molecule has 2 aliphatic carbocycles. The zero-order valence-corrected chi connectivity index (χ0v) is 36.1. The van der Waals surface area contributed by atoms with E-state index < -0.39 is 31.4 Å². The Kier molecular flexibility index (Phi) is 11.3. The lowest BCUT2D eigenvalue weighted by atomic mass is 9.72. The molecular weight excluding hydrogens is 834 g/mol. The topological polar surface area (TPSA) is 181 Å². The van der Waals surface area contributed by atoms with E-state index in [1.54, 1.807) is 24.4 Å². The Bertz CT molecular complexity index is 2670. The molecule has 5 aromatic rings. The number of nitrogens with zero attached hydrogens (tertiary/aromatic N) is 4. The molecule has 324 valence electrons. The molecular formula is C45H48ClN7O8S. The Morgan fingerprint density at radius 2 is 1.85 bits per heavy atom. The van der Waals surface area contributed by atoms with Gasteiger partial charge in [0.05, 0.1) is 40.3 Å². The number of aromatic amines is 1. The molecule has 9 rings (SSSR count). The molecule has 3 N–H and O–H groups in total. The van der Waals surface area contributed by atoms with Crippen LogP contribution >= 0.6 is 11.6 Å². The summed E-state index contributed by atoms with van der Waals surface area (Å²) in [7, 11) is -4.65. The van der Waals surface area contributed by atoms with Gasteiger partial charge in [-0.05, 0) is 85.1 Å². The minimum absolute atomic E-state index is 0.0165. The van der Waals surface area contributed by atoms with Crippen molar-refractivity contribution in [1.29, 1.82) is 0 Å². The largest absolute Gasteiger partial charge is 0.489 e. The van der Waals surface area contributed by atoms with Crippen molar-refractivity contribution < 1.29 is 32.3 Å². The number of fused-ring (bicyclic) bond motifs is 2. The van der Waals surface area contributed by atoms with E-state index >= 15 is 0 Å². The number of hydrogen-bond donors (Lipinski definition) is 3. The van der Waals surface area contributed by atoms with Crippen LogP contribution in [-0.4, -0.2) is 92.2 Å². The van der Waals surface area contributed by atoms with E-state index in [-0.39, 0.29) is 53.5 Å². The normalized spacial score (nSPS) is 19.1. The zero-order chi connectivity index (χ0) is 43.2. The van der Waals surface area contributed by atoms with E-state index in [0.717, 1.165) is 73.9 Å². The van der Waals surface area contributed by atoms with E-state index in [9.17, 15) is 23.3 Å². The fourth-order valence-electron chi connectivity index (χ4n) is 8.36. The molecule has 4 heterocycles. The molecule has 2 aliphatic heterocycles. The van der Waals surface area contributed by atoms with Gasteiger partial charge in [-0.25, -0.2) is 18.1 Å². The number of pyridine rings is 1. The van der Waals surface area contributed by atoms with Gasteiger partial charge in [0, 0.05) is 73.2 Å². The average Bonchev–Trinajstić information content (AvgIpc) is 3.97. The summed E-state index contributed by atoms with van der Waals surface area (Å²) in [6, 6.07) is 18.5. The van der Waals surface area contributed by atoms with Crippen molar-refractivity contribution in [2.45, 2.75) is 63.0 Å². The number of H-pyrrole nitrogens is 1. The number of anilines is 2. The number of piperazine rings is 1. The number of nitrogens with one attached hydrogen (secondary N) is 3. The van der Waals surface area contributed by atoms with Gasteiger partial charge in [0.2, 0.25) is 0 Å². The number of aromatic nitrogens is 2. The van der Waals surface area contributed by atoms with Gasteiger partial charge in [0.1, 0.15) is 23.8 Å². The van der Waals surface area contributed by atoms with Crippen LogP contribution in [0.2, 0.25) is 5.02 Å². The van der Waals surface area contributed by atoms with E-state index in [1.807, 2.05) is 18.2 Å². The number of benzene rings is 3. The van der Waals surface area contributed by atoms with Gasteiger partial charge in [0.15, 0.2) is 11.4 Å². The Morgan fingerprint density at radius 3 is 2.61 bits per heavy atom. The lowest BCUT2D eigenvalue weighted by molar-refractivity contribution is -0.384. The Balaban J connectivity index is 0.942. The number of carbonyl (C=O) groups is 1. The maximum Gasteiger partial charge on any atom is 0.297 e. The second-order valence-electron chi connectivity index (χ2n) is 17.3. The summed E-state index contributed by atoms with van der Waals surface area (Å²) in [5, 5.41) is 16.8. The van der Waals surface area contributed by atoms with Crippen molar-refractivity contribution in [3.63, 3.8) is 0 Å². The van der Waals surface area contributed by atoms with Gasteiger partial charge in [-0.1, -0.05) is 43.2 Å². The van der Waals surface area contributed by atoms with Crippen LogP contribution in [0.4, 0.5) is 17.1 Å². The summed E-state index contributed by atoms with van der Waals surface area (Å²) in [5.74, 6) is -0.547. The zero-order valence-electron chi connectivity index (χ0n) is 34.5. The third kappa shape index (κ3) is 9.23. The van der Waals surface area contributed by atoms with E-state index in [4.69, 9.17) is 25.8 Å². The first-order chi connectivity index (χ1) is 29.8. The summed E-state index contributed by atoms with van der Waals surface area (Å²) in [6.45, 7) is 8.99. The summed E-state index contributed by atoms with van der Waals surface area (Å²) < 4.78 is 47.6. The van der Waals surface area contributed by atoms with Crippen molar-refractivity contribution in [1.82, 2.24) is 19.6 Å². The molecule has 2 aromatic heterocycles. The lowest BCUT2D eigenvalue weighted by Crippen LogP contribution is -2.47. The van der Waals surface area contributed by atoms with Crippen molar-refractivity contribution in [3.8, 4) is 17.2 Å². The number of sulfonamides is 1. The van der Waals surface area contributed by atoms with Gasteiger partial charge in [-0.3, -0.25) is 19.8 Å². The lowest BCUT2D eigenvalue weighted by Gasteiger charge is -2.39. The van der Waals surface area contributed by atoms with Crippen molar-refractivity contribution in [2.75, 3.05) is 56.2 Å². The molecule has 0 unspecified atom stereocenters. The number of rotatable bonds is 13. The predicted molar refractivity (Wildman–Crippen MR) is 237 cm³/mol. The molecule has 17 heteroatoms. The molecule has 1 saturated heterocycles. The second kappa shape index (κ2) is 16.9. The van der Waals surface area contributed by atoms with Gasteiger partial charge < -0.3 is 29.4 Å². The number of allylic oxidation sites excluding steroid dienone is 1. The maximum atomic E-state index is 14.0. The molecule has 0 bridgehead atoms. The maximum absolute atomic E-state index is 14.0. The van der Waals surface area contributed by atoms with Crippen LogP contribution in [-0.2, 0) is 14.8 Å². The SMILES string of the molecule is CC1(C)CCC(CN2CCN(c3ccc(C(=O)NS(=O)(=O)c4cc5c(c([N+](=O)[O-])c4)N[C@@H](COC4CC4)CO5)c(Oc4cnc5[nH]ccc5c4)c3)CC2)=C(c2ccc(Cl)cc2)C1. The highest BCUT2D eigenvalue weighted by Gasteiger charge is 2.34. The molecule has 0 spiro atoms. The molecule has 1 saturated carbocycles. The quantitative estimate of drug-likeness (QED) is 0.0764. The van der Waals surface area contributed by atoms with Crippen molar-refractivity contribution >= 4 is 61.2 Å². The fraction of sp³-hybridized carbons (Fsp3) is 0.378. The minimum atomic E-state index is -4.65. The molecule has 1 amide bonds. The summed E-state index contributed by atoms with van der Waals surface area (Å²) in [5.41, 5.74) is 5.25. The highest BCUT2D eigenvalue weighted by atomic mass is 35.5. The highest BCUT2D eigenvalue weighted by Crippen LogP contribution is 2.44. The Hall–Kier alpha value is -5.68. The van der Waals surface area contributed by atoms with Crippen LogP contribution < -0.4 is 24.4 Å². The van der Waals surface area contributed by atoms with Crippen LogP contribution in [0.5, 0.6) is 17.2 Å². The number of hydrogen-bond acceptors (Lipinski definition) is 12. The molecule has 3 aromatic carbocycles. The Morgan fingerprint density at radius 1 is 1.06 bits per heavy atom. The fourth-order valence-corrected chi connectivity index (χ4v) is 9.49. The van der Waals surface area contributed by atoms with Crippen LogP contribution in [0.15, 0.2) is 89.6 Å². The molecule has 0 radical (unpaired) electrons. The smallest absolute Gasteiger partial charge is 0.297 e. The van der Waals surface area contributed by atoms with Crippen LogP contribution in [0.1, 0.15) is 61.9 Å². The third-order valence-corrected chi connectivity index (χ3v) is 13.5. The van der Waals surface area contributed by atoms with E-state index in [1.165, 1.54) is 35.0 Å². The van der Waals surface area contributed by atoms with Crippen LogP contribution in [0.25, 0.3) is 16.6 Å². The van der Waals surface area contributed by atoms with Crippen LogP contribution in [0.3, 0.4) is 0 Å². The highest BCUT2D eigenvalue weighted by molar-refractivity contribution is 7.90. The van der Waals surface area contributed by atoms with Gasteiger partial charge in [-0.2, -0.15) is 0 Å². The number of ether oxygens (including phenoxy) is 3. The standard InChI is InChI=1S/C45H48ClN7O8S/c1-45(2)13-11-30(38(23-45)28-3-5-31(46)6-4-28)25-51-15-17-52(18-16-51)33-7-10-37(40(20-33)61-35-19-29-12-14-47-43(29)48-24-35)44(54)50-62(57,58)36-21-39(53(55)56)42-41(22-36)60-27-32(49-42)26-59-34-8-9-34/h3-7,10,12,14,19-22,24,32,34,49H,8-9,11,13,15-18,23,25-27H2,1-2H3,(H,47,48)(H,50,54)/t32-/m0/s1. The van der Waals surface area contributed by atoms with E-state index in [2.05, 4.69) is 55.8 Å². The first-order valence-electron chi connectivity index (χ1n) is 20.9. The molecule has 15 nitrogen and oxygen atoms in total. The number of nitro benzene ring substituents is 1. The van der Waals surface area contributed by atoms with Gasteiger partial charge in [0.25, 0.3) is 21.6 Å². The third-order valence-electron chi connectivity index (χ3n) is 12.0. The van der Waals surface area contributed by atoms with Crippen molar-refractivity contribution in [3.05, 3.63) is 111 Å². The summed E-state index contributed by atoms with van der Waals surface area (Å²) in [4.78, 5) is 37.2. The number of halogens is 1. The summed E-state index contributed by atoms with van der Waals surface area (Å²) >= 11 is 6.24. The number of nitro groups is 1. The molecule has 1 atom stereocenters. The molecule has 62 heavy (non-hydrogen) atoms. The first-order valence-corrected chi connectivity index (χ1v) is 22.7. The average molecular weight is 882 g/mol. The molecule has 4 aliphatic rings. The van der Waals surface area contributed by atoms with Crippen molar-refractivity contribution in [2.24, 2.45) is 5.41 Å². The van der Waals surface area contributed by atoms with Gasteiger partial charge >= 0.3 is 0 Å².